The van der Waals surface area contributed by atoms with E-state index in [1.54, 1.807) is 25.1 Å². The Balaban J connectivity index is 1.50. The maximum absolute atomic E-state index is 13.1. The number of hydrogen-bond acceptors (Lipinski definition) is 6. The Morgan fingerprint density at radius 1 is 1.12 bits per heavy atom. The molecule has 9 heteroatoms. The summed E-state index contributed by atoms with van der Waals surface area (Å²) in [5, 5.41) is 4.75. The van der Waals surface area contributed by atoms with Crippen molar-refractivity contribution in [2.24, 2.45) is 0 Å². The third-order valence-corrected chi connectivity index (χ3v) is 6.46. The Kier molecular flexibility index (Phi) is 6.16. The van der Waals surface area contributed by atoms with E-state index in [9.17, 15) is 9.59 Å². The third kappa shape index (κ3) is 4.46. The molecule has 2 aliphatic heterocycles. The first-order valence-corrected chi connectivity index (χ1v) is 11.4. The number of benzene rings is 1. The molecule has 2 aliphatic rings. The van der Waals surface area contributed by atoms with Gasteiger partial charge >= 0.3 is 12.1 Å². The molecule has 0 saturated carbocycles. The minimum Gasteiger partial charge on any atom is -0.458 e. The molecule has 172 valence electrons. The molecule has 4 rings (SSSR count). The van der Waals surface area contributed by atoms with E-state index in [0.29, 0.717) is 34.2 Å². The fraction of sp³-hybridized carbons (Fsp3) is 0.522. The smallest absolute Gasteiger partial charge is 0.410 e. The average Bonchev–Trinajstić information content (AvgIpc) is 3.18. The number of fused-ring (bicyclic) bond motifs is 2. The highest BCUT2D eigenvalue weighted by molar-refractivity contribution is 6.39. The molecular formula is C23H26Cl2N2O5. The van der Waals surface area contributed by atoms with Gasteiger partial charge in [-0.05, 0) is 52.7 Å². The van der Waals surface area contributed by atoms with Crippen LogP contribution in [0.3, 0.4) is 0 Å². The van der Waals surface area contributed by atoms with Gasteiger partial charge in [-0.2, -0.15) is 0 Å². The summed E-state index contributed by atoms with van der Waals surface area (Å²) in [6.07, 6.45) is 2.24. The predicted octanol–water partition coefficient (Wildman–Crippen LogP) is 6.04. The van der Waals surface area contributed by atoms with Crippen molar-refractivity contribution in [3.05, 3.63) is 39.6 Å². The van der Waals surface area contributed by atoms with Gasteiger partial charge in [0.05, 0.1) is 10.0 Å². The largest absolute Gasteiger partial charge is 0.458 e. The van der Waals surface area contributed by atoms with Crippen molar-refractivity contribution in [1.82, 2.24) is 10.1 Å². The van der Waals surface area contributed by atoms with Crippen LogP contribution in [-0.2, 0) is 9.47 Å². The standard InChI is InChI=1S/C23H26Cl2N2O5/c1-12-18(20(26-32-12)19-16(24)6-5-7-17(19)25)21(28)30-15-10-13-8-9-14(11-15)27(13)22(29)31-23(2,3)4/h5-7,13-15H,8-11H2,1-4H3/t13-,14?,15+/m1/s1. The van der Waals surface area contributed by atoms with E-state index in [1.165, 1.54) is 0 Å². The monoisotopic (exact) mass is 480 g/mol. The Morgan fingerprint density at radius 3 is 2.28 bits per heavy atom. The number of hydrogen-bond donors (Lipinski definition) is 0. The summed E-state index contributed by atoms with van der Waals surface area (Å²) in [7, 11) is 0. The normalized spacial score (nSPS) is 22.7. The van der Waals surface area contributed by atoms with E-state index in [-0.39, 0.29) is 35.5 Å². The van der Waals surface area contributed by atoms with Crippen molar-refractivity contribution in [2.45, 2.75) is 77.2 Å². The number of carbonyl (C=O) groups is 2. The highest BCUT2D eigenvalue weighted by Gasteiger charge is 2.46. The first-order valence-electron chi connectivity index (χ1n) is 10.7. The molecule has 0 spiro atoms. The van der Waals surface area contributed by atoms with Crippen LogP contribution in [0, 0.1) is 6.92 Å². The van der Waals surface area contributed by atoms with Crippen molar-refractivity contribution in [3.63, 3.8) is 0 Å². The molecule has 0 radical (unpaired) electrons. The summed E-state index contributed by atoms with van der Waals surface area (Å²) in [4.78, 5) is 27.6. The summed E-state index contributed by atoms with van der Waals surface area (Å²) >= 11 is 12.6. The lowest BCUT2D eigenvalue weighted by atomic mass is 10.00. The molecule has 1 amide bonds. The molecule has 3 atom stereocenters. The molecule has 2 bridgehead atoms. The molecule has 3 heterocycles. The Labute approximate surface area is 196 Å². The van der Waals surface area contributed by atoms with Crippen LogP contribution in [0.1, 0.15) is 62.6 Å². The van der Waals surface area contributed by atoms with Gasteiger partial charge in [-0.15, -0.1) is 0 Å². The van der Waals surface area contributed by atoms with Crippen LogP contribution in [0.5, 0.6) is 0 Å². The highest BCUT2D eigenvalue weighted by atomic mass is 35.5. The van der Waals surface area contributed by atoms with Crippen molar-refractivity contribution in [3.8, 4) is 11.3 Å². The number of aromatic nitrogens is 1. The van der Waals surface area contributed by atoms with E-state index < -0.39 is 11.6 Å². The number of carbonyl (C=O) groups excluding carboxylic acids is 2. The van der Waals surface area contributed by atoms with Gasteiger partial charge in [0.25, 0.3) is 0 Å². The van der Waals surface area contributed by atoms with Crippen LogP contribution in [-0.4, -0.2) is 45.9 Å². The highest BCUT2D eigenvalue weighted by Crippen LogP contribution is 2.40. The van der Waals surface area contributed by atoms with E-state index >= 15 is 0 Å². The first kappa shape index (κ1) is 22.9. The van der Waals surface area contributed by atoms with Crippen molar-refractivity contribution >= 4 is 35.3 Å². The number of piperidine rings is 1. The first-order chi connectivity index (χ1) is 15.0. The molecule has 7 nitrogen and oxygen atoms in total. The van der Waals surface area contributed by atoms with Crippen LogP contribution in [0.2, 0.25) is 10.0 Å². The number of amides is 1. The molecule has 1 unspecified atom stereocenters. The number of ether oxygens (including phenoxy) is 2. The Bertz CT molecular complexity index is 1010. The van der Waals surface area contributed by atoms with Crippen LogP contribution in [0.15, 0.2) is 22.7 Å². The Morgan fingerprint density at radius 2 is 1.72 bits per heavy atom. The zero-order chi connectivity index (χ0) is 23.2. The molecule has 1 aromatic heterocycles. The second-order valence-electron chi connectivity index (χ2n) is 9.33. The van der Waals surface area contributed by atoms with Crippen LogP contribution < -0.4 is 0 Å². The number of rotatable bonds is 3. The molecule has 32 heavy (non-hydrogen) atoms. The quantitative estimate of drug-likeness (QED) is 0.497. The van der Waals surface area contributed by atoms with Gasteiger partial charge in [-0.25, -0.2) is 9.59 Å². The molecule has 0 N–H and O–H groups in total. The molecule has 2 aromatic rings. The maximum Gasteiger partial charge on any atom is 0.410 e. The molecule has 2 saturated heterocycles. The third-order valence-electron chi connectivity index (χ3n) is 5.83. The fourth-order valence-electron chi connectivity index (χ4n) is 4.55. The van der Waals surface area contributed by atoms with Crippen molar-refractivity contribution in [2.75, 3.05) is 0 Å². The lowest BCUT2D eigenvalue weighted by Gasteiger charge is -2.39. The summed E-state index contributed by atoms with van der Waals surface area (Å²) in [5.74, 6) is -0.208. The van der Waals surface area contributed by atoms with Crippen molar-refractivity contribution in [1.29, 1.82) is 0 Å². The maximum atomic E-state index is 13.1. The minimum atomic E-state index is -0.554. The van der Waals surface area contributed by atoms with Gasteiger partial charge in [0.1, 0.15) is 28.7 Å². The number of esters is 1. The summed E-state index contributed by atoms with van der Waals surface area (Å²) in [6.45, 7) is 7.20. The fourth-order valence-corrected chi connectivity index (χ4v) is 5.13. The van der Waals surface area contributed by atoms with Crippen LogP contribution >= 0.6 is 23.2 Å². The SMILES string of the molecule is Cc1onc(-c2c(Cl)cccc2Cl)c1C(=O)O[C@@H]1CC2CC[C@H](C1)N2C(=O)OC(C)(C)C. The van der Waals surface area contributed by atoms with Crippen LogP contribution in [0.25, 0.3) is 11.3 Å². The Hall–Kier alpha value is -2.25. The lowest BCUT2D eigenvalue weighted by Crippen LogP contribution is -2.50. The van der Waals surface area contributed by atoms with E-state index in [0.717, 1.165) is 12.8 Å². The number of halogens is 2. The van der Waals surface area contributed by atoms with E-state index in [1.807, 2.05) is 25.7 Å². The molecular weight excluding hydrogens is 455 g/mol. The van der Waals surface area contributed by atoms with E-state index in [4.69, 9.17) is 37.2 Å². The van der Waals surface area contributed by atoms with Gasteiger partial charge in [0, 0.05) is 30.5 Å². The average molecular weight is 481 g/mol. The summed E-state index contributed by atoms with van der Waals surface area (Å²) in [6, 6.07) is 5.04. The molecule has 1 aromatic carbocycles. The van der Waals surface area contributed by atoms with E-state index in [2.05, 4.69) is 5.16 Å². The second kappa shape index (κ2) is 8.60. The van der Waals surface area contributed by atoms with Crippen LogP contribution in [0.4, 0.5) is 4.79 Å². The summed E-state index contributed by atoms with van der Waals surface area (Å²) in [5.41, 5.74) is 0.348. The van der Waals surface area contributed by atoms with Gasteiger partial charge in [-0.3, -0.25) is 0 Å². The summed E-state index contributed by atoms with van der Waals surface area (Å²) < 4.78 is 16.7. The van der Waals surface area contributed by atoms with Gasteiger partial charge in [0.2, 0.25) is 0 Å². The topological polar surface area (TPSA) is 81.9 Å². The van der Waals surface area contributed by atoms with Gasteiger partial charge < -0.3 is 18.9 Å². The van der Waals surface area contributed by atoms with Gasteiger partial charge in [0.15, 0.2) is 0 Å². The minimum absolute atomic E-state index is 0.0116. The van der Waals surface area contributed by atoms with Crippen molar-refractivity contribution < 1.29 is 23.6 Å². The van der Waals surface area contributed by atoms with Gasteiger partial charge in [-0.1, -0.05) is 34.4 Å². The molecule has 2 fully saturated rings. The zero-order valence-electron chi connectivity index (χ0n) is 18.5. The molecule has 0 aliphatic carbocycles. The number of nitrogens with zero attached hydrogens (tertiary/aromatic N) is 2. The second-order valence-corrected chi connectivity index (χ2v) is 10.1. The zero-order valence-corrected chi connectivity index (χ0v) is 20.0. The number of aryl methyl sites for hydroxylation is 1. The predicted molar refractivity (Wildman–Crippen MR) is 120 cm³/mol. The lowest BCUT2D eigenvalue weighted by molar-refractivity contribution is -0.0226.